The van der Waals surface area contributed by atoms with E-state index in [1.165, 1.54) is 37.9 Å². The van der Waals surface area contributed by atoms with Gasteiger partial charge in [0.25, 0.3) is 0 Å². The van der Waals surface area contributed by atoms with Gasteiger partial charge in [-0.05, 0) is 79.0 Å². The topological polar surface area (TPSA) is 99.3 Å². The van der Waals surface area contributed by atoms with Crippen LogP contribution in [0.4, 0.5) is 0 Å². The number of nitrogens with one attached hydrogen (secondary N) is 2. The van der Waals surface area contributed by atoms with Crippen molar-refractivity contribution in [2.24, 2.45) is 0 Å². The van der Waals surface area contributed by atoms with E-state index in [0.29, 0.717) is 11.5 Å². The van der Waals surface area contributed by atoms with Crippen molar-refractivity contribution in [1.82, 2.24) is 40.0 Å². The molecule has 1 aromatic carbocycles. The van der Waals surface area contributed by atoms with Gasteiger partial charge in [-0.15, -0.1) is 0 Å². The van der Waals surface area contributed by atoms with Crippen molar-refractivity contribution in [3.05, 3.63) is 79.0 Å². The summed E-state index contributed by atoms with van der Waals surface area (Å²) in [5, 5.41) is 8.78. The number of rotatable bonds is 5. The van der Waals surface area contributed by atoms with E-state index in [0.717, 1.165) is 50.9 Å². The summed E-state index contributed by atoms with van der Waals surface area (Å²) >= 11 is 0. The molecule has 1 aliphatic rings. The number of hydrogen-bond acceptors (Lipinski definition) is 6. The summed E-state index contributed by atoms with van der Waals surface area (Å²) < 4.78 is 0. The summed E-state index contributed by atoms with van der Waals surface area (Å²) in [7, 11) is 0. The van der Waals surface area contributed by atoms with Crippen LogP contribution in [0, 0.1) is 0 Å². The molecule has 0 aliphatic carbocycles. The van der Waals surface area contributed by atoms with E-state index in [4.69, 9.17) is 4.98 Å². The highest BCUT2D eigenvalue weighted by Crippen LogP contribution is 2.32. The molecule has 5 aromatic heterocycles. The van der Waals surface area contributed by atoms with Crippen molar-refractivity contribution in [3.63, 3.8) is 0 Å². The molecule has 0 radical (unpaired) electrons. The van der Waals surface area contributed by atoms with Crippen molar-refractivity contribution in [3.8, 4) is 33.8 Å². The summed E-state index contributed by atoms with van der Waals surface area (Å²) in [4.78, 5) is 24.0. The number of H-pyrrole nitrogens is 2. The van der Waals surface area contributed by atoms with Crippen LogP contribution in [0.3, 0.4) is 0 Å². The molecule has 37 heavy (non-hydrogen) atoms. The van der Waals surface area contributed by atoms with E-state index < -0.39 is 0 Å². The number of fused-ring (bicyclic) bond motifs is 2. The van der Waals surface area contributed by atoms with Crippen LogP contribution < -0.4 is 0 Å². The normalized spacial score (nSPS) is 14.5. The Morgan fingerprint density at radius 3 is 2.59 bits per heavy atom. The molecule has 0 unspecified atom stereocenters. The van der Waals surface area contributed by atoms with E-state index in [9.17, 15) is 0 Å². The Kier molecular flexibility index (Phi) is 5.44. The van der Waals surface area contributed by atoms with Gasteiger partial charge >= 0.3 is 0 Å². The Morgan fingerprint density at radius 2 is 1.70 bits per heavy atom. The molecule has 6 heterocycles. The van der Waals surface area contributed by atoms with E-state index >= 15 is 0 Å². The van der Waals surface area contributed by atoms with E-state index in [-0.39, 0.29) is 0 Å². The lowest BCUT2D eigenvalue weighted by atomic mass is 10.0. The van der Waals surface area contributed by atoms with Crippen LogP contribution in [0.25, 0.3) is 55.8 Å². The molecule has 2 N–H and O–H groups in total. The lowest BCUT2D eigenvalue weighted by molar-refractivity contribution is 0.220. The SMILES string of the molecule is c1cc(-c2ccnc3nc(-c4n[nH]c5ccc(-c6cncc(CN7CCCCC7)c6)cc45)[nH]c23)ccn1. The van der Waals surface area contributed by atoms with Gasteiger partial charge in [0.15, 0.2) is 11.5 Å². The summed E-state index contributed by atoms with van der Waals surface area (Å²) in [6.07, 6.45) is 13.2. The Morgan fingerprint density at radius 1 is 0.811 bits per heavy atom. The maximum Gasteiger partial charge on any atom is 0.178 e. The molecule has 1 aliphatic heterocycles. The number of likely N-dealkylation sites (tertiary alicyclic amines) is 1. The monoisotopic (exact) mass is 486 g/mol. The molecular weight excluding hydrogens is 460 g/mol. The lowest BCUT2D eigenvalue weighted by Crippen LogP contribution is -2.29. The zero-order valence-electron chi connectivity index (χ0n) is 20.4. The Balaban J connectivity index is 1.26. The summed E-state index contributed by atoms with van der Waals surface area (Å²) in [6, 6.07) is 14.6. The second-order valence-electron chi connectivity index (χ2n) is 9.63. The molecular formula is C29H26N8. The minimum absolute atomic E-state index is 0.659. The van der Waals surface area contributed by atoms with Gasteiger partial charge < -0.3 is 4.98 Å². The van der Waals surface area contributed by atoms with Gasteiger partial charge in [-0.2, -0.15) is 5.10 Å². The zero-order chi connectivity index (χ0) is 24.6. The first-order valence-electron chi connectivity index (χ1n) is 12.7. The maximum absolute atomic E-state index is 4.79. The molecule has 6 aromatic rings. The van der Waals surface area contributed by atoms with Gasteiger partial charge in [-0.1, -0.05) is 12.5 Å². The Bertz CT molecular complexity index is 1700. The standard InChI is InChI=1S/C29H26N8/c1-2-12-37(13-3-1)18-19-14-22(17-31-16-19)21-4-5-25-24(15-21)27(36-35-25)29-33-26-23(8-11-32-28(26)34-29)20-6-9-30-10-7-20/h4-11,14-17H,1-3,12-13,18H2,(H,35,36)(H,32,33,34). The van der Waals surface area contributed by atoms with Crippen LogP contribution >= 0.6 is 0 Å². The fourth-order valence-electron chi connectivity index (χ4n) is 5.28. The van der Waals surface area contributed by atoms with Crippen molar-refractivity contribution >= 4 is 22.1 Å². The third-order valence-electron chi connectivity index (χ3n) is 7.15. The quantitative estimate of drug-likeness (QED) is 0.329. The van der Waals surface area contributed by atoms with Crippen LogP contribution in [0.15, 0.2) is 73.4 Å². The van der Waals surface area contributed by atoms with Crippen molar-refractivity contribution in [2.45, 2.75) is 25.8 Å². The molecule has 1 saturated heterocycles. The van der Waals surface area contributed by atoms with Crippen LogP contribution in [-0.4, -0.2) is 53.1 Å². The summed E-state index contributed by atoms with van der Waals surface area (Å²) in [5.41, 5.74) is 8.82. The smallest absolute Gasteiger partial charge is 0.178 e. The van der Waals surface area contributed by atoms with E-state index in [1.54, 1.807) is 18.6 Å². The first-order valence-corrected chi connectivity index (χ1v) is 12.7. The van der Waals surface area contributed by atoms with E-state index in [2.05, 4.69) is 59.3 Å². The van der Waals surface area contributed by atoms with Crippen molar-refractivity contribution in [1.29, 1.82) is 0 Å². The van der Waals surface area contributed by atoms with Crippen molar-refractivity contribution in [2.75, 3.05) is 13.1 Å². The van der Waals surface area contributed by atoms with Gasteiger partial charge in [0.2, 0.25) is 0 Å². The molecule has 0 atom stereocenters. The zero-order valence-corrected chi connectivity index (χ0v) is 20.4. The second kappa shape index (κ2) is 9.22. The molecule has 0 bridgehead atoms. The molecule has 7 rings (SSSR count). The predicted octanol–water partition coefficient (Wildman–Crippen LogP) is 5.61. The highest BCUT2D eigenvalue weighted by Gasteiger charge is 2.17. The third-order valence-corrected chi connectivity index (χ3v) is 7.15. The van der Waals surface area contributed by atoms with Crippen LogP contribution in [0.2, 0.25) is 0 Å². The molecule has 8 heteroatoms. The number of benzene rings is 1. The largest absolute Gasteiger partial charge is 0.335 e. The lowest BCUT2D eigenvalue weighted by Gasteiger charge is -2.26. The van der Waals surface area contributed by atoms with Crippen LogP contribution in [0.1, 0.15) is 24.8 Å². The minimum atomic E-state index is 0.659. The van der Waals surface area contributed by atoms with Gasteiger partial charge in [-0.25, -0.2) is 9.97 Å². The fourth-order valence-corrected chi connectivity index (χ4v) is 5.28. The summed E-state index contributed by atoms with van der Waals surface area (Å²) in [6.45, 7) is 3.29. The average Bonchev–Trinajstić information content (AvgIpc) is 3.58. The van der Waals surface area contributed by atoms with Gasteiger partial charge in [0.1, 0.15) is 5.69 Å². The molecule has 1 fully saturated rings. The fraction of sp³-hybridized carbons (Fsp3) is 0.207. The molecule has 182 valence electrons. The maximum atomic E-state index is 4.79. The van der Waals surface area contributed by atoms with E-state index in [1.807, 2.05) is 30.6 Å². The number of pyridine rings is 3. The predicted molar refractivity (Wildman–Crippen MR) is 145 cm³/mol. The number of aromatic amines is 2. The van der Waals surface area contributed by atoms with Crippen LogP contribution in [-0.2, 0) is 6.54 Å². The van der Waals surface area contributed by atoms with Gasteiger partial charge in [0, 0.05) is 54.0 Å². The number of piperidine rings is 1. The first-order chi connectivity index (χ1) is 18.3. The average molecular weight is 487 g/mol. The highest BCUT2D eigenvalue weighted by molar-refractivity contribution is 5.97. The molecule has 0 spiro atoms. The van der Waals surface area contributed by atoms with Crippen LogP contribution in [0.5, 0.6) is 0 Å². The number of aromatic nitrogens is 7. The molecule has 0 amide bonds. The van der Waals surface area contributed by atoms with Gasteiger partial charge in [-0.3, -0.25) is 20.0 Å². The second-order valence-corrected chi connectivity index (χ2v) is 9.63. The third kappa shape index (κ3) is 4.15. The summed E-state index contributed by atoms with van der Waals surface area (Å²) in [5.74, 6) is 0.685. The van der Waals surface area contributed by atoms with Crippen molar-refractivity contribution < 1.29 is 0 Å². The number of imidazole rings is 1. The first kappa shape index (κ1) is 21.8. The Labute approximate surface area is 213 Å². The highest BCUT2D eigenvalue weighted by atomic mass is 15.1. The number of nitrogens with zero attached hydrogens (tertiary/aromatic N) is 6. The minimum Gasteiger partial charge on any atom is -0.335 e. The number of hydrogen-bond donors (Lipinski definition) is 2. The Hall–Kier alpha value is -4.43. The molecule has 8 nitrogen and oxygen atoms in total. The molecule has 0 saturated carbocycles. The van der Waals surface area contributed by atoms with Gasteiger partial charge in [0.05, 0.1) is 11.0 Å².